The predicted molar refractivity (Wildman–Crippen MR) is 62.4 cm³/mol. The van der Waals surface area contributed by atoms with E-state index in [2.05, 4.69) is 4.98 Å². The van der Waals surface area contributed by atoms with Gasteiger partial charge in [-0.3, -0.25) is 4.98 Å². The third-order valence-corrected chi connectivity index (χ3v) is 2.40. The Balaban J connectivity index is 2.32. The van der Waals surface area contributed by atoms with Gasteiger partial charge in [0.05, 0.1) is 5.69 Å². The van der Waals surface area contributed by atoms with Gasteiger partial charge in [-0.05, 0) is 54.9 Å². The molecule has 2 rings (SSSR count). The van der Waals surface area contributed by atoms with E-state index in [4.69, 9.17) is 5.73 Å². The third-order valence-electron chi connectivity index (χ3n) is 2.40. The number of rotatable bonds is 3. The number of hydrogen-bond acceptors (Lipinski definition) is 2. The molecule has 0 unspecified atom stereocenters. The van der Waals surface area contributed by atoms with Gasteiger partial charge in [0.2, 0.25) is 0 Å². The Hall–Kier alpha value is -1.74. The van der Waals surface area contributed by atoms with Crippen LogP contribution in [0.15, 0.2) is 42.6 Å². The summed E-state index contributed by atoms with van der Waals surface area (Å²) in [5, 5.41) is 0. The lowest BCUT2D eigenvalue weighted by molar-refractivity contribution is 0.628. The van der Waals surface area contributed by atoms with E-state index in [0.717, 1.165) is 23.2 Å². The first-order valence-corrected chi connectivity index (χ1v) is 5.20. The van der Waals surface area contributed by atoms with Crippen LogP contribution >= 0.6 is 0 Å². The zero-order chi connectivity index (χ0) is 11.4. The summed E-state index contributed by atoms with van der Waals surface area (Å²) >= 11 is 0. The van der Waals surface area contributed by atoms with Crippen molar-refractivity contribution in [3.8, 4) is 11.3 Å². The predicted octanol–water partition coefficient (Wildman–Crippen LogP) is 2.39. The van der Waals surface area contributed by atoms with Gasteiger partial charge in [-0.25, -0.2) is 4.39 Å². The van der Waals surface area contributed by atoms with Gasteiger partial charge in [0.15, 0.2) is 0 Å². The Bertz CT molecular complexity index is 466. The molecule has 0 aliphatic rings. The van der Waals surface area contributed by atoms with Crippen LogP contribution in [0.4, 0.5) is 4.39 Å². The van der Waals surface area contributed by atoms with Crippen molar-refractivity contribution in [1.82, 2.24) is 4.98 Å². The maximum atomic E-state index is 12.8. The Morgan fingerprint density at radius 2 is 1.88 bits per heavy atom. The standard InChI is InChI=1S/C13H13FN2/c14-12-3-1-11(2-4-12)13-9-10(5-7-15)6-8-16-13/h1-4,6,8-9H,5,7,15H2. The normalized spacial score (nSPS) is 10.4. The zero-order valence-electron chi connectivity index (χ0n) is 8.86. The van der Waals surface area contributed by atoms with E-state index in [-0.39, 0.29) is 5.82 Å². The molecule has 0 aliphatic carbocycles. The fraction of sp³-hybridized carbons (Fsp3) is 0.154. The van der Waals surface area contributed by atoms with Crippen molar-refractivity contribution in [3.63, 3.8) is 0 Å². The molecule has 1 aromatic heterocycles. The van der Waals surface area contributed by atoms with Gasteiger partial charge in [0.1, 0.15) is 5.82 Å². The molecule has 2 aromatic rings. The van der Waals surface area contributed by atoms with Gasteiger partial charge >= 0.3 is 0 Å². The van der Waals surface area contributed by atoms with Gasteiger partial charge < -0.3 is 5.73 Å². The second kappa shape index (κ2) is 4.86. The van der Waals surface area contributed by atoms with Gasteiger partial charge in [0.25, 0.3) is 0 Å². The summed E-state index contributed by atoms with van der Waals surface area (Å²) in [6.07, 6.45) is 2.58. The van der Waals surface area contributed by atoms with Crippen LogP contribution in [0.25, 0.3) is 11.3 Å². The van der Waals surface area contributed by atoms with E-state index >= 15 is 0 Å². The Morgan fingerprint density at radius 1 is 1.12 bits per heavy atom. The summed E-state index contributed by atoms with van der Waals surface area (Å²) in [7, 11) is 0. The minimum Gasteiger partial charge on any atom is -0.330 e. The lowest BCUT2D eigenvalue weighted by Gasteiger charge is -2.03. The maximum Gasteiger partial charge on any atom is 0.123 e. The number of aromatic nitrogens is 1. The number of pyridine rings is 1. The van der Waals surface area contributed by atoms with Gasteiger partial charge in [-0.1, -0.05) is 0 Å². The molecule has 2 N–H and O–H groups in total. The summed E-state index contributed by atoms with van der Waals surface area (Å²) < 4.78 is 12.8. The molecular formula is C13H13FN2. The number of halogens is 1. The first kappa shape index (κ1) is 10.8. The molecule has 0 fully saturated rings. The molecule has 2 nitrogen and oxygen atoms in total. The Morgan fingerprint density at radius 3 is 2.56 bits per heavy atom. The first-order valence-electron chi connectivity index (χ1n) is 5.20. The van der Waals surface area contributed by atoms with Gasteiger partial charge in [-0.2, -0.15) is 0 Å². The van der Waals surface area contributed by atoms with Gasteiger partial charge in [0, 0.05) is 11.8 Å². The molecule has 1 heterocycles. The third kappa shape index (κ3) is 2.44. The Labute approximate surface area is 93.9 Å². The molecule has 3 heteroatoms. The van der Waals surface area contributed by atoms with Crippen LogP contribution in [0.5, 0.6) is 0 Å². The molecule has 0 bridgehead atoms. The van der Waals surface area contributed by atoms with E-state index in [1.165, 1.54) is 12.1 Å². The summed E-state index contributed by atoms with van der Waals surface area (Å²) in [6.45, 7) is 0.618. The quantitative estimate of drug-likeness (QED) is 0.855. The number of nitrogens with zero attached hydrogens (tertiary/aromatic N) is 1. The minimum atomic E-state index is -0.234. The van der Waals surface area contributed by atoms with Crippen LogP contribution < -0.4 is 5.73 Å². The molecule has 0 atom stereocenters. The van der Waals surface area contributed by atoms with Crippen LogP contribution in [0.3, 0.4) is 0 Å². The maximum absolute atomic E-state index is 12.8. The van der Waals surface area contributed by atoms with Gasteiger partial charge in [-0.15, -0.1) is 0 Å². The fourth-order valence-corrected chi connectivity index (χ4v) is 1.57. The molecule has 0 saturated carbocycles. The highest BCUT2D eigenvalue weighted by Crippen LogP contribution is 2.18. The highest BCUT2D eigenvalue weighted by atomic mass is 19.1. The van der Waals surface area contributed by atoms with E-state index in [9.17, 15) is 4.39 Å². The van der Waals surface area contributed by atoms with Crippen molar-refractivity contribution >= 4 is 0 Å². The van der Waals surface area contributed by atoms with Crippen LogP contribution in [-0.2, 0) is 6.42 Å². The first-order chi connectivity index (χ1) is 7.79. The van der Waals surface area contributed by atoms with Crippen LogP contribution in [0, 0.1) is 5.82 Å². The lowest BCUT2D eigenvalue weighted by Crippen LogP contribution is -2.02. The molecule has 0 saturated heterocycles. The molecule has 0 aliphatic heterocycles. The van der Waals surface area contributed by atoms with E-state index < -0.39 is 0 Å². The average Bonchev–Trinajstić information content (AvgIpc) is 2.31. The highest BCUT2D eigenvalue weighted by molar-refractivity contribution is 5.59. The SMILES string of the molecule is NCCc1ccnc(-c2ccc(F)cc2)c1. The average molecular weight is 216 g/mol. The number of benzene rings is 1. The molecule has 1 aromatic carbocycles. The number of nitrogens with two attached hydrogens (primary N) is 1. The summed E-state index contributed by atoms with van der Waals surface area (Å²) in [6, 6.07) is 10.3. The van der Waals surface area contributed by atoms with Crippen molar-refractivity contribution in [2.45, 2.75) is 6.42 Å². The van der Waals surface area contributed by atoms with Crippen LogP contribution in [0.1, 0.15) is 5.56 Å². The number of hydrogen-bond donors (Lipinski definition) is 1. The van der Waals surface area contributed by atoms with Crippen molar-refractivity contribution in [2.75, 3.05) is 6.54 Å². The van der Waals surface area contributed by atoms with Crippen molar-refractivity contribution < 1.29 is 4.39 Å². The molecular weight excluding hydrogens is 203 g/mol. The van der Waals surface area contributed by atoms with Crippen LogP contribution in [-0.4, -0.2) is 11.5 Å². The van der Waals surface area contributed by atoms with E-state index in [1.807, 2.05) is 12.1 Å². The largest absolute Gasteiger partial charge is 0.330 e. The molecule has 82 valence electrons. The second-order valence-corrected chi connectivity index (χ2v) is 3.59. The smallest absolute Gasteiger partial charge is 0.123 e. The molecule has 0 amide bonds. The molecule has 16 heavy (non-hydrogen) atoms. The Kier molecular flexibility index (Phi) is 3.27. The van der Waals surface area contributed by atoms with Crippen molar-refractivity contribution in [3.05, 3.63) is 54.0 Å². The topological polar surface area (TPSA) is 38.9 Å². The van der Waals surface area contributed by atoms with Crippen LogP contribution in [0.2, 0.25) is 0 Å². The minimum absolute atomic E-state index is 0.234. The summed E-state index contributed by atoms with van der Waals surface area (Å²) in [5.41, 5.74) is 8.42. The zero-order valence-corrected chi connectivity index (χ0v) is 8.86. The fourth-order valence-electron chi connectivity index (χ4n) is 1.57. The monoisotopic (exact) mass is 216 g/mol. The van der Waals surface area contributed by atoms with E-state index in [0.29, 0.717) is 6.54 Å². The van der Waals surface area contributed by atoms with Crippen molar-refractivity contribution in [1.29, 1.82) is 0 Å². The molecule has 0 radical (unpaired) electrons. The summed E-state index contributed by atoms with van der Waals surface area (Å²) in [5.74, 6) is -0.234. The second-order valence-electron chi connectivity index (χ2n) is 3.59. The molecule has 0 spiro atoms. The lowest BCUT2D eigenvalue weighted by atomic mass is 10.1. The highest BCUT2D eigenvalue weighted by Gasteiger charge is 2.00. The van der Waals surface area contributed by atoms with E-state index in [1.54, 1.807) is 18.3 Å². The van der Waals surface area contributed by atoms with Crippen molar-refractivity contribution in [2.24, 2.45) is 5.73 Å². The summed E-state index contributed by atoms with van der Waals surface area (Å²) in [4.78, 5) is 4.26.